The highest BCUT2D eigenvalue weighted by Gasteiger charge is 2.26. The topological polar surface area (TPSA) is 93.4 Å². The Balaban J connectivity index is 2.18. The molecule has 2 amide bonds. The van der Waals surface area contributed by atoms with Gasteiger partial charge in [0.05, 0.1) is 7.11 Å². The second-order valence-corrected chi connectivity index (χ2v) is 4.38. The molecular formula is C13H17N3O3. The number of hydrogen-bond acceptors (Lipinski definition) is 4. The predicted molar refractivity (Wildman–Crippen MR) is 70.9 cm³/mol. The smallest absolute Gasteiger partial charge is 0.257 e. The predicted octanol–water partition coefficient (Wildman–Crippen LogP) is 0.286. The molecule has 6 nitrogen and oxygen atoms in total. The number of rotatable bonds is 3. The summed E-state index contributed by atoms with van der Waals surface area (Å²) in [6, 6.07) is 4.48. The van der Waals surface area contributed by atoms with Crippen molar-refractivity contribution in [1.82, 2.24) is 10.6 Å². The van der Waals surface area contributed by atoms with Gasteiger partial charge in [-0.25, -0.2) is 0 Å². The second-order valence-electron chi connectivity index (χ2n) is 4.38. The molecule has 1 saturated heterocycles. The molecule has 1 aliphatic heterocycles. The van der Waals surface area contributed by atoms with Gasteiger partial charge in [0, 0.05) is 12.2 Å². The summed E-state index contributed by atoms with van der Waals surface area (Å²) in [5.41, 5.74) is 6.39. The van der Waals surface area contributed by atoms with Crippen LogP contribution in [0.15, 0.2) is 18.2 Å². The zero-order valence-electron chi connectivity index (χ0n) is 10.7. The molecule has 0 saturated carbocycles. The number of hydrogen-bond donors (Lipinski definition) is 3. The number of nitrogens with one attached hydrogen (secondary N) is 2. The van der Waals surface area contributed by atoms with E-state index in [1.54, 1.807) is 18.2 Å². The Morgan fingerprint density at radius 1 is 1.53 bits per heavy atom. The van der Waals surface area contributed by atoms with Gasteiger partial charge in [0.25, 0.3) is 5.91 Å². The third-order valence-electron chi connectivity index (χ3n) is 3.10. The summed E-state index contributed by atoms with van der Waals surface area (Å²) in [7, 11) is 1.47. The fraction of sp³-hybridized carbons (Fsp3) is 0.385. The summed E-state index contributed by atoms with van der Waals surface area (Å²) in [6.07, 6.45) is 1.48. The monoisotopic (exact) mass is 263 g/mol. The molecule has 1 aromatic carbocycles. The SMILES string of the molecule is COc1cccc(N)c1C(=O)NC1CCCNC1=O. The van der Waals surface area contributed by atoms with E-state index in [9.17, 15) is 9.59 Å². The molecule has 1 atom stereocenters. The number of nitrogen functional groups attached to an aromatic ring is 1. The van der Waals surface area contributed by atoms with E-state index in [0.29, 0.717) is 24.4 Å². The van der Waals surface area contributed by atoms with Gasteiger partial charge in [0.15, 0.2) is 0 Å². The van der Waals surface area contributed by atoms with E-state index in [0.717, 1.165) is 6.42 Å². The van der Waals surface area contributed by atoms with Crippen LogP contribution in [0.4, 0.5) is 5.69 Å². The maximum Gasteiger partial charge on any atom is 0.257 e. The first-order valence-corrected chi connectivity index (χ1v) is 6.14. The van der Waals surface area contributed by atoms with Crippen LogP contribution in [0.2, 0.25) is 0 Å². The molecule has 6 heteroatoms. The van der Waals surface area contributed by atoms with E-state index >= 15 is 0 Å². The summed E-state index contributed by atoms with van der Waals surface area (Å²) in [6.45, 7) is 0.655. The van der Waals surface area contributed by atoms with Crippen molar-refractivity contribution >= 4 is 17.5 Å². The van der Waals surface area contributed by atoms with Crippen molar-refractivity contribution < 1.29 is 14.3 Å². The first kappa shape index (κ1) is 13.2. The minimum absolute atomic E-state index is 0.159. The van der Waals surface area contributed by atoms with Crippen molar-refractivity contribution in [2.75, 3.05) is 19.4 Å². The van der Waals surface area contributed by atoms with Crippen LogP contribution in [0.1, 0.15) is 23.2 Å². The zero-order valence-corrected chi connectivity index (χ0v) is 10.7. The standard InChI is InChI=1S/C13H17N3O3/c1-19-10-6-2-4-8(14)11(10)13(18)16-9-5-3-7-15-12(9)17/h2,4,6,9H,3,5,7,14H2,1H3,(H,15,17)(H,16,18). The van der Waals surface area contributed by atoms with Gasteiger partial charge in [0.1, 0.15) is 17.4 Å². The number of benzene rings is 1. The molecule has 1 aliphatic rings. The van der Waals surface area contributed by atoms with Gasteiger partial charge in [-0.15, -0.1) is 0 Å². The lowest BCUT2D eigenvalue weighted by Gasteiger charge is -2.23. The van der Waals surface area contributed by atoms with Gasteiger partial charge in [-0.3, -0.25) is 9.59 Å². The number of piperidine rings is 1. The van der Waals surface area contributed by atoms with Crippen LogP contribution in [-0.2, 0) is 4.79 Å². The highest BCUT2D eigenvalue weighted by molar-refractivity contribution is 6.03. The van der Waals surface area contributed by atoms with Gasteiger partial charge in [-0.2, -0.15) is 0 Å². The number of anilines is 1. The molecule has 1 unspecified atom stereocenters. The summed E-state index contributed by atoms with van der Waals surface area (Å²) >= 11 is 0. The van der Waals surface area contributed by atoms with E-state index in [2.05, 4.69) is 10.6 Å². The van der Waals surface area contributed by atoms with E-state index in [4.69, 9.17) is 10.5 Å². The molecule has 0 aromatic heterocycles. The molecule has 0 spiro atoms. The van der Waals surface area contributed by atoms with Crippen molar-refractivity contribution in [3.63, 3.8) is 0 Å². The van der Waals surface area contributed by atoms with Gasteiger partial charge in [-0.05, 0) is 25.0 Å². The van der Waals surface area contributed by atoms with Crippen molar-refractivity contribution in [2.45, 2.75) is 18.9 Å². The van der Waals surface area contributed by atoms with Crippen LogP contribution >= 0.6 is 0 Å². The van der Waals surface area contributed by atoms with Gasteiger partial charge < -0.3 is 21.1 Å². The molecule has 0 aliphatic carbocycles. The average Bonchev–Trinajstić information content (AvgIpc) is 2.40. The summed E-state index contributed by atoms with van der Waals surface area (Å²) in [5.74, 6) is -0.154. The van der Waals surface area contributed by atoms with Crippen LogP contribution in [-0.4, -0.2) is 31.5 Å². The number of nitrogens with two attached hydrogens (primary N) is 1. The third-order valence-corrected chi connectivity index (χ3v) is 3.10. The van der Waals surface area contributed by atoms with E-state index in [1.807, 2.05) is 0 Å². The first-order valence-electron chi connectivity index (χ1n) is 6.14. The minimum Gasteiger partial charge on any atom is -0.496 e. The van der Waals surface area contributed by atoms with Crippen LogP contribution in [0, 0.1) is 0 Å². The van der Waals surface area contributed by atoms with E-state index < -0.39 is 11.9 Å². The molecule has 0 radical (unpaired) electrons. The Labute approximate surface area is 111 Å². The Hall–Kier alpha value is -2.24. The number of methoxy groups -OCH3 is 1. The summed E-state index contributed by atoms with van der Waals surface area (Å²) in [5, 5.41) is 5.41. The van der Waals surface area contributed by atoms with Gasteiger partial charge in [-0.1, -0.05) is 6.07 Å². The number of ether oxygens (including phenoxy) is 1. The fourth-order valence-electron chi connectivity index (χ4n) is 2.10. The minimum atomic E-state index is -0.509. The molecule has 19 heavy (non-hydrogen) atoms. The van der Waals surface area contributed by atoms with Crippen LogP contribution in [0.25, 0.3) is 0 Å². The summed E-state index contributed by atoms with van der Waals surface area (Å²) in [4.78, 5) is 23.8. The maximum absolute atomic E-state index is 12.2. The van der Waals surface area contributed by atoms with E-state index in [-0.39, 0.29) is 11.5 Å². The maximum atomic E-state index is 12.2. The Bertz CT molecular complexity index is 502. The van der Waals surface area contributed by atoms with Crippen molar-refractivity contribution in [3.05, 3.63) is 23.8 Å². The molecular weight excluding hydrogens is 246 g/mol. The number of carbonyl (C=O) groups excluding carboxylic acids is 2. The molecule has 1 fully saturated rings. The highest BCUT2D eigenvalue weighted by Crippen LogP contribution is 2.24. The van der Waals surface area contributed by atoms with Crippen molar-refractivity contribution in [3.8, 4) is 5.75 Å². The third kappa shape index (κ3) is 2.78. The molecule has 0 bridgehead atoms. The second kappa shape index (κ2) is 5.60. The average molecular weight is 263 g/mol. The van der Waals surface area contributed by atoms with Gasteiger partial charge in [0.2, 0.25) is 5.91 Å². The number of amides is 2. The normalized spacial score (nSPS) is 18.6. The lowest BCUT2D eigenvalue weighted by atomic mass is 10.1. The first-order chi connectivity index (χ1) is 9.13. The molecule has 1 aromatic rings. The molecule has 2 rings (SSSR count). The quantitative estimate of drug-likeness (QED) is 0.683. The Morgan fingerprint density at radius 2 is 2.32 bits per heavy atom. The van der Waals surface area contributed by atoms with Crippen LogP contribution in [0.3, 0.4) is 0 Å². The number of carbonyl (C=O) groups is 2. The molecule has 1 heterocycles. The Kier molecular flexibility index (Phi) is 3.89. The van der Waals surface area contributed by atoms with Crippen molar-refractivity contribution in [1.29, 1.82) is 0 Å². The largest absolute Gasteiger partial charge is 0.496 e. The lowest BCUT2D eigenvalue weighted by molar-refractivity contribution is -0.124. The summed E-state index contributed by atoms with van der Waals surface area (Å²) < 4.78 is 5.12. The van der Waals surface area contributed by atoms with Gasteiger partial charge >= 0.3 is 0 Å². The highest BCUT2D eigenvalue weighted by atomic mass is 16.5. The van der Waals surface area contributed by atoms with Crippen LogP contribution in [0.5, 0.6) is 5.75 Å². The lowest BCUT2D eigenvalue weighted by Crippen LogP contribution is -2.50. The van der Waals surface area contributed by atoms with Crippen molar-refractivity contribution in [2.24, 2.45) is 0 Å². The molecule has 4 N–H and O–H groups in total. The Morgan fingerprint density at radius 3 is 3.00 bits per heavy atom. The fourth-order valence-corrected chi connectivity index (χ4v) is 2.10. The molecule has 102 valence electrons. The van der Waals surface area contributed by atoms with Crippen LogP contribution < -0.4 is 21.1 Å². The zero-order chi connectivity index (χ0) is 13.8. The van der Waals surface area contributed by atoms with E-state index in [1.165, 1.54) is 7.11 Å².